The van der Waals surface area contributed by atoms with Gasteiger partial charge < -0.3 is 19.1 Å². The molecule has 2 fully saturated rings. The average Bonchev–Trinajstić information content (AvgIpc) is 3.44. The largest absolute Gasteiger partial charge is 0.497 e. The fourth-order valence-corrected chi connectivity index (χ4v) is 3.14. The summed E-state index contributed by atoms with van der Waals surface area (Å²) in [5.41, 5.74) is 0.984. The van der Waals surface area contributed by atoms with E-state index in [1.807, 2.05) is 0 Å². The molecule has 7 nitrogen and oxygen atoms in total. The maximum absolute atomic E-state index is 12.6. The Hall–Kier alpha value is -2.83. The van der Waals surface area contributed by atoms with Crippen LogP contribution >= 0.6 is 0 Å². The summed E-state index contributed by atoms with van der Waals surface area (Å²) in [6.45, 7) is 1.99. The van der Waals surface area contributed by atoms with Crippen molar-refractivity contribution in [1.82, 2.24) is 15.0 Å². The number of methoxy groups -OCH3 is 1. The van der Waals surface area contributed by atoms with Crippen LogP contribution in [0.3, 0.4) is 0 Å². The lowest BCUT2D eigenvalue weighted by molar-refractivity contribution is 0.0529. The Balaban J connectivity index is 1.35. The third-order valence-corrected chi connectivity index (χ3v) is 4.92. The fourth-order valence-electron chi connectivity index (χ4n) is 3.14. The highest BCUT2D eigenvalue weighted by Gasteiger charge is 2.31. The first-order valence-corrected chi connectivity index (χ1v) is 8.85. The van der Waals surface area contributed by atoms with Crippen LogP contribution in [-0.2, 0) is 0 Å². The van der Waals surface area contributed by atoms with E-state index in [4.69, 9.17) is 9.26 Å². The van der Waals surface area contributed by atoms with Gasteiger partial charge in [0, 0.05) is 43.7 Å². The number of ether oxygens (including phenoxy) is 1. The van der Waals surface area contributed by atoms with E-state index in [2.05, 4.69) is 5.16 Å². The predicted molar refractivity (Wildman–Crippen MR) is 93.3 cm³/mol. The lowest BCUT2D eigenvalue weighted by Gasteiger charge is -2.34. The highest BCUT2D eigenvalue weighted by Crippen LogP contribution is 2.40. The number of hydrogen-bond donors (Lipinski definition) is 0. The first-order valence-electron chi connectivity index (χ1n) is 8.85. The van der Waals surface area contributed by atoms with E-state index in [-0.39, 0.29) is 11.8 Å². The van der Waals surface area contributed by atoms with Gasteiger partial charge in [0.25, 0.3) is 11.8 Å². The highest BCUT2D eigenvalue weighted by atomic mass is 16.5. The summed E-state index contributed by atoms with van der Waals surface area (Å²) in [5.74, 6) is 1.80. The molecule has 2 aliphatic rings. The zero-order valence-electron chi connectivity index (χ0n) is 14.7. The minimum absolute atomic E-state index is 0.0304. The Kier molecular flexibility index (Phi) is 4.36. The first kappa shape index (κ1) is 16.6. The molecule has 136 valence electrons. The first-order chi connectivity index (χ1) is 12.7. The summed E-state index contributed by atoms with van der Waals surface area (Å²) in [5, 5.41) is 3.91. The van der Waals surface area contributed by atoms with Crippen LogP contribution in [0.25, 0.3) is 0 Å². The van der Waals surface area contributed by atoms with Crippen LogP contribution in [0.2, 0.25) is 0 Å². The summed E-state index contributed by atoms with van der Waals surface area (Å²) in [6, 6.07) is 8.82. The highest BCUT2D eigenvalue weighted by molar-refractivity contribution is 5.95. The molecule has 2 amide bonds. The summed E-state index contributed by atoms with van der Waals surface area (Å²) in [6.07, 6.45) is 2.21. The molecular formula is C19H21N3O4. The second kappa shape index (κ2) is 6.82. The van der Waals surface area contributed by atoms with Crippen molar-refractivity contribution >= 4 is 11.8 Å². The van der Waals surface area contributed by atoms with Gasteiger partial charge in [-0.05, 0) is 37.1 Å². The van der Waals surface area contributed by atoms with Crippen molar-refractivity contribution in [2.75, 3.05) is 33.3 Å². The van der Waals surface area contributed by atoms with Gasteiger partial charge in [-0.25, -0.2) is 0 Å². The zero-order valence-corrected chi connectivity index (χ0v) is 14.7. The lowest BCUT2D eigenvalue weighted by Crippen LogP contribution is -2.50. The summed E-state index contributed by atoms with van der Waals surface area (Å²) in [7, 11) is 1.59. The van der Waals surface area contributed by atoms with Gasteiger partial charge in [-0.15, -0.1) is 0 Å². The van der Waals surface area contributed by atoms with Crippen LogP contribution in [0.1, 0.15) is 45.4 Å². The van der Waals surface area contributed by atoms with Crippen molar-refractivity contribution in [3.05, 3.63) is 47.3 Å². The quantitative estimate of drug-likeness (QED) is 0.840. The zero-order chi connectivity index (χ0) is 18.1. The molecule has 7 heteroatoms. The molecule has 1 aromatic carbocycles. The number of piperazine rings is 1. The van der Waals surface area contributed by atoms with E-state index in [0.29, 0.717) is 43.4 Å². The Labute approximate surface area is 151 Å². The molecule has 4 rings (SSSR count). The van der Waals surface area contributed by atoms with Crippen molar-refractivity contribution in [2.45, 2.75) is 18.8 Å². The normalized spacial score (nSPS) is 17.3. The Morgan fingerprint density at radius 2 is 1.65 bits per heavy atom. The number of rotatable bonds is 4. The Morgan fingerprint density at radius 1 is 1.04 bits per heavy atom. The van der Waals surface area contributed by atoms with Crippen LogP contribution in [-0.4, -0.2) is 60.1 Å². The number of nitrogens with zero attached hydrogens (tertiary/aromatic N) is 3. The van der Waals surface area contributed by atoms with Crippen molar-refractivity contribution in [1.29, 1.82) is 0 Å². The molecule has 1 saturated heterocycles. The number of benzene rings is 1. The van der Waals surface area contributed by atoms with E-state index < -0.39 is 0 Å². The van der Waals surface area contributed by atoms with Gasteiger partial charge in [-0.1, -0.05) is 5.16 Å². The molecule has 1 aliphatic heterocycles. The van der Waals surface area contributed by atoms with Gasteiger partial charge in [0.1, 0.15) is 11.5 Å². The van der Waals surface area contributed by atoms with Gasteiger partial charge in [0.2, 0.25) is 0 Å². The smallest absolute Gasteiger partial charge is 0.276 e. The topological polar surface area (TPSA) is 75.9 Å². The molecule has 0 spiro atoms. The van der Waals surface area contributed by atoms with Crippen LogP contribution in [0.15, 0.2) is 34.9 Å². The molecule has 0 bridgehead atoms. The van der Waals surface area contributed by atoms with E-state index in [9.17, 15) is 9.59 Å². The molecule has 0 radical (unpaired) electrons. The predicted octanol–water partition coefficient (Wildman–Crippen LogP) is 2.16. The molecule has 1 aromatic heterocycles. The van der Waals surface area contributed by atoms with Gasteiger partial charge in [0.05, 0.1) is 7.11 Å². The molecule has 26 heavy (non-hydrogen) atoms. The lowest BCUT2D eigenvalue weighted by atomic mass is 10.1. The van der Waals surface area contributed by atoms with Crippen LogP contribution < -0.4 is 4.74 Å². The number of carbonyl (C=O) groups is 2. The number of hydrogen-bond acceptors (Lipinski definition) is 5. The van der Waals surface area contributed by atoms with Gasteiger partial charge >= 0.3 is 0 Å². The van der Waals surface area contributed by atoms with E-state index >= 15 is 0 Å². The minimum atomic E-state index is -0.128. The average molecular weight is 355 g/mol. The van der Waals surface area contributed by atoms with Gasteiger partial charge in [-0.2, -0.15) is 0 Å². The number of carbonyl (C=O) groups excluding carboxylic acids is 2. The molecule has 0 atom stereocenters. The van der Waals surface area contributed by atoms with Crippen LogP contribution in [0, 0.1) is 0 Å². The summed E-state index contributed by atoms with van der Waals surface area (Å²) >= 11 is 0. The third-order valence-electron chi connectivity index (χ3n) is 4.92. The molecule has 2 heterocycles. The molecule has 1 saturated carbocycles. The van der Waals surface area contributed by atoms with Crippen molar-refractivity contribution in [2.24, 2.45) is 0 Å². The van der Waals surface area contributed by atoms with Crippen molar-refractivity contribution in [3.8, 4) is 5.75 Å². The van der Waals surface area contributed by atoms with Crippen molar-refractivity contribution < 1.29 is 18.8 Å². The fraction of sp³-hybridized carbons (Fsp3) is 0.421. The van der Waals surface area contributed by atoms with E-state index in [0.717, 1.165) is 24.4 Å². The van der Waals surface area contributed by atoms with Crippen molar-refractivity contribution in [3.63, 3.8) is 0 Å². The van der Waals surface area contributed by atoms with Gasteiger partial charge in [0.15, 0.2) is 5.69 Å². The Morgan fingerprint density at radius 3 is 2.23 bits per heavy atom. The number of amides is 2. The SMILES string of the molecule is COc1ccc(C(=O)N2CCN(C(=O)c3cc(C4CC4)on3)CC2)cc1. The number of aromatic nitrogens is 1. The van der Waals surface area contributed by atoms with E-state index in [1.54, 1.807) is 47.2 Å². The maximum atomic E-state index is 12.6. The van der Waals surface area contributed by atoms with Gasteiger partial charge in [-0.3, -0.25) is 9.59 Å². The molecule has 1 aliphatic carbocycles. The standard InChI is InChI=1S/C19H21N3O4/c1-25-15-6-4-14(5-7-15)18(23)21-8-10-22(11-9-21)19(24)16-12-17(26-20-16)13-2-3-13/h4-7,12-13H,2-3,8-11H2,1H3. The summed E-state index contributed by atoms with van der Waals surface area (Å²) in [4.78, 5) is 28.6. The third kappa shape index (κ3) is 3.29. The van der Waals surface area contributed by atoms with Crippen LogP contribution in [0.5, 0.6) is 5.75 Å². The Bertz CT molecular complexity index is 802. The second-order valence-corrected chi connectivity index (χ2v) is 6.70. The van der Waals surface area contributed by atoms with E-state index in [1.165, 1.54) is 0 Å². The minimum Gasteiger partial charge on any atom is -0.497 e. The molecule has 0 N–H and O–H groups in total. The molecule has 2 aromatic rings. The second-order valence-electron chi connectivity index (χ2n) is 6.70. The molecular weight excluding hydrogens is 334 g/mol. The van der Waals surface area contributed by atoms with Crippen LogP contribution in [0.4, 0.5) is 0 Å². The summed E-state index contributed by atoms with van der Waals surface area (Å²) < 4.78 is 10.4. The monoisotopic (exact) mass is 355 g/mol. The molecule has 0 unspecified atom stereocenters. The maximum Gasteiger partial charge on any atom is 0.276 e.